The van der Waals surface area contributed by atoms with E-state index in [1.807, 2.05) is 0 Å². The van der Waals surface area contributed by atoms with E-state index >= 15 is 0 Å². The van der Waals surface area contributed by atoms with Crippen LogP contribution in [0.25, 0.3) is 0 Å². The number of hydrogen-bond acceptors (Lipinski definition) is 5. The molecule has 0 saturated heterocycles. The quantitative estimate of drug-likeness (QED) is 0.638. The highest BCUT2D eigenvalue weighted by atomic mass is 16.6. The van der Waals surface area contributed by atoms with Crippen molar-refractivity contribution in [2.45, 2.75) is 44.6 Å². The number of carboxylic acids is 1. The maximum absolute atomic E-state index is 11.7. The van der Waals surface area contributed by atoms with Gasteiger partial charge in [0.15, 0.2) is 0 Å². The van der Waals surface area contributed by atoms with Crippen molar-refractivity contribution in [3.05, 3.63) is 28.6 Å². The van der Waals surface area contributed by atoms with Crippen LogP contribution in [0.4, 0.5) is 11.4 Å². The predicted molar refractivity (Wildman–Crippen MR) is 77.1 cm³/mol. The molecule has 114 valence electrons. The molecule has 1 aliphatic carbocycles. The number of carboxylic acid groups (broad SMARTS) is 1. The van der Waals surface area contributed by atoms with E-state index in [1.54, 1.807) is 0 Å². The molecule has 0 aromatic carbocycles. The topological polar surface area (TPSA) is 105 Å². The zero-order chi connectivity index (χ0) is 15.5. The first kappa shape index (κ1) is 15.2. The summed E-state index contributed by atoms with van der Waals surface area (Å²) < 4.78 is 0. The van der Waals surface area contributed by atoms with Crippen LogP contribution in [0.1, 0.15) is 39.0 Å². The maximum atomic E-state index is 11.7. The molecule has 7 nitrogen and oxygen atoms in total. The van der Waals surface area contributed by atoms with Crippen LogP contribution in [-0.4, -0.2) is 26.5 Å². The second kappa shape index (κ2) is 6.07. The maximum Gasteiger partial charge on any atom is 0.329 e. The smallest absolute Gasteiger partial charge is 0.329 e. The van der Waals surface area contributed by atoms with Crippen molar-refractivity contribution in [1.82, 2.24) is 4.98 Å². The summed E-state index contributed by atoms with van der Waals surface area (Å²) in [5.74, 6) is -0.421. The van der Waals surface area contributed by atoms with Crippen LogP contribution in [0, 0.1) is 16.0 Å². The molecule has 2 N–H and O–H groups in total. The van der Waals surface area contributed by atoms with Gasteiger partial charge in [0, 0.05) is 6.20 Å². The van der Waals surface area contributed by atoms with Crippen LogP contribution in [0.5, 0.6) is 0 Å². The van der Waals surface area contributed by atoms with Crippen molar-refractivity contribution in [3.8, 4) is 0 Å². The first-order chi connectivity index (χ1) is 9.98. The average molecular weight is 293 g/mol. The van der Waals surface area contributed by atoms with Crippen molar-refractivity contribution in [2.75, 3.05) is 5.32 Å². The number of carbonyl (C=O) groups is 1. The number of hydrogen-bond donors (Lipinski definition) is 2. The zero-order valence-corrected chi connectivity index (χ0v) is 11.9. The highest BCUT2D eigenvalue weighted by molar-refractivity contribution is 5.84. The van der Waals surface area contributed by atoms with Gasteiger partial charge < -0.3 is 10.4 Å². The number of pyridine rings is 1. The van der Waals surface area contributed by atoms with Crippen LogP contribution in [0.3, 0.4) is 0 Å². The molecular formula is C14H19N3O4. The number of aromatic nitrogens is 1. The molecule has 0 amide bonds. The minimum Gasteiger partial charge on any atom is -0.480 e. The normalized spacial score (nSPS) is 25.3. The molecule has 0 radical (unpaired) electrons. The number of anilines is 1. The van der Waals surface area contributed by atoms with E-state index in [4.69, 9.17) is 0 Å². The summed E-state index contributed by atoms with van der Waals surface area (Å²) in [4.78, 5) is 25.9. The summed E-state index contributed by atoms with van der Waals surface area (Å²) in [5.41, 5.74) is -1.11. The molecule has 2 rings (SSSR count). The zero-order valence-electron chi connectivity index (χ0n) is 11.9. The van der Waals surface area contributed by atoms with Crippen LogP contribution < -0.4 is 5.32 Å². The number of rotatable bonds is 5. The molecule has 1 fully saturated rings. The van der Waals surface area contributed by atoms with Crippen molar-refractivity contribution in [3.63, 3.8) is 0 Å². The minimum absolute atomic E-state index is 0.198. The molecular weight excluding hydrogens is 274 g/mol. The molecule has 1 heterocycles. The predicted octanol–water partition coefficient (Wildman–Crippen LogP) is 2.83. The highest BCUT2D eigenvalue weighted by Crippen LogP contribution is 2.38. The van der Waals surface area contributed by atoms with Gasteiger partial charge in [-0.1, -0.05) is 13.3 Å². The Bertz CT molecular complexity index is 539. The van der Waals surface area contributed by atoms with Gasteiger partial charge in [-0.3, -0.25) is 15.1 Å². The molecule has 1 saturated carbocycles. The van der Waals surface area contributed by atoms with E-state index in [9.17, 15) is 20.0 Å². The molecule has 1 aliphatic rings. The molecule has 0 unspecified atom stereocenters. The van der Waals surface area contributed by atoms with Gasteiger partial charge in [0.2, 0.25) is 0 Å². The van der Waals surface area contributed by atoms with Crippen molar-refractivity contribution in [2.24, 2.45) is 5.92 Å². The molecule has 0 atom stereocenters. The number of nitro groups is 1. The fourth-order valence-electron chi connectivity index (χ4n) is 2.87. The van der Waals surface area contributed by atoms with Gasteiger partial charge in [-0.15, -0.1) is 0 Å². The number of nitrogens with zero attached hydrogens (tertiary/aromatic N) is 2. The van der Waals surface area contributed by atoms with Crippen molar-refractivity contribution >= 4 is 17.3 Å². The van der Waals surface area contributed by atoms with Gasteiger partial charge in [-0.2, -0.15) is 0 Å². The first-order valence-corrected chi connectivity index (χ1v) is 7.08. The lowest BCUT2D eigenvalue weighted by molar-refractivity contribution is -0.384. The van der Waals surface area contributed by atoms with E-state index in [-0.39, 0.29) is 11.4 Å². The standard InChI is InChI=1S/C14H19N3O4/c1-2-10-3-6-14(7-4-10,13(18)19)16-11-5-8-15-9-12(11)17(20)21/h5,8-10H,2-4,6-7H2,1H3,(H,15,16)(H,18,19). The lowest BCUT2D eigenvalue weighted by Gasteiger charge is -2.37. The van der Waals surface area contributed by atoms with Crippen molar-refractivity contribution < 1.29 is 14.8 Å². The Kier molecular flexibility index (Phi) is 4.40. The monoisotopic (exact) mass is 293 g/mol. The van der Waals surface area contributed by atoms with Crippen LogP contribution in [-0.2, 0) is 4.79 Å². The van der Waals surface area contributed by atoms with Gasteiger partial charge >= 0.3 is 11.7 Å². The Labute approximate surface area is 122 Å². The average Bonchev–Trinajstić information content (AvgIpc) is 2.48. The third-order valence-electron chi connectivity index (χ3n) is 4.32. The molecule has 1 aromatic rings. The van der Waals surface area contributed by atoms with Crippen LogP contribution in [0.2, 0.25) is 0 Å². The van der Waals surface area contributed by atoms with Gasteiger partial charge in [0.1, 0.15) is 17.4 Å². The van der Waals surface area contributed by atoms with Crippen LogP contribution >= 0.6 is 0 Å². The Morgan fingerprint density at radius 1 is 1.57 bits per heavy atom. The molecule has 7 heteroatoms. The third-order valence-corrected chi connectivity index (χ3v) is 4.32. The van der Waals surface area contributed by atoms with E-state index in [2.05, 4.69) is 17.2 Å². The molecule has 0 spiro atoms. The fraction of sp³-hybridized carbons (Fsp3) is 0.571. The minimum atomic E-state index is -1.13. The second-order valence-corrected chi connectivity index (χ2v) is 5.51. The van der Waals surface area contributed by atoms with E-state index in [0.29, 0.717) is 18.8 Å². The summed E-state index contributed by atoms with van der Waals surface area (Å²) in [6.45, 7) is 2.10. The molecule has 21 heavy (non-hydrogen) atoms. The van der Waals surface area contributed by atoms with Crippen molar-refractivity contribution in [1.29, 1.82) is 0 Å². The van der Waals surface area contributed by atoms with E-state index < -0.39 is 16.4 Å². The van der Waals surface area contributed by atoms with Crippen LogP contribution in [0.15, 0.2) is 18.5 Å². The summed E-state index contributed by atoms with van der Waals surface area (Å²) >= 11 is 0. The summed E-state index contributed by atoms with van der Waals surface area (Å²) in [6, 6.07) is 1.45. The van der Waals surface area contributed by atoms with Gasteiger partial charge in [0.05, 0.1) is 4.92 Å². The number of nitrogens with one attached hydrogen (secondary N) is 1. The van der Waals surface area contributed by atoms with Gasteiger partial charge in [-0.25, -0.2) is 4.79 Å². The van der Waals surface area contributed by atoms with Gasteiger partial charge in [-0.05, 0) is 37.7 Å². The Balaban J connectivity index is 2.26. The Hall–Kier alpha value is -2.18. The molecule has 1 aromatic heterocycles. The second-order valence-electron chi connectivity index (χ2n) is 5.51. The number of aliphatic carboxylic acids is 1. The fourth-order valence-corrected chi connectivity index (χ4v) is 2.87. The molecule has 0 aliphatic heterocycles. The molecule has 0 bridgehead atoms. The lowest BCUT2D eigenvalue weighted by atomic mass is 9.75. The first-order valence-electron chi connectivity index (χ1n) is 7.08. The summed E-state index contributed by atoms with van der Waals surface area (Å²) in [5, 5.41) is 23.5. The van der Waals surface area contributed by atoms with E-state index in [1.165, 1.54) is 12.3 Å². The lowest BCUT2D eigenvalue weighted by Crippen LogP contribution is -2.49. The SMILES string of the molecule is CCC1CCC(Nc2ccncc2[N+](=O)[O-])(C(=O)O)CC1. The van der Waals surface area contributed by atoms with Gasteiger partial charge in [0.25, 0.3) is 0 Å². The summed E-state index contributed by atoms with van der Waals surface area (Å²) in [6.07, 6.45) is 6.16. The Morgan fingerprint density at radius 2 is 2.24 bits per heavy atom. The largest absolute Gasteiger partial charge is 0.480 e. The Morgan fingerprint density at radius 3 is 2.76 bits per heavy atom. The highest BCUT2D eigenvalue weighted by Gasteiger charge is 2.42. The summed E-state index contributed by atoms with van der Waals surface area (Å²) in [7, 11) is 0. The third kappa shape index (κ3) is 3.12. The van der Waals surface area contributed by atoms with E-state index in [0.717, 1.165) is 25.5 Å².